The minimum atomic E-state index is -0.278. The van der Waals surface area contributed by atoms with Crippen molar-refractivity contribution >= 4 is 5.91 Å². The summed E-state index contributed by atoms with van der Waals surface area (Å²) in [7, 11) is 0. The van der Waals surface area contributed by atoms with Crippen LogP contribution in [-0.2, 0) is 0 Å². The second-order valence-corrected chi connectivity index (χ2v) is 4.63. The smallest absolute Gasteiger partial charge is 0.289 e. The van der Waals surface area contributed by atoms with Gasteiger partial charge in [-0.25, -0.2) is 0 Å². The van der Waals surface area contributed by atoms with Gasteiger partial charge in [0.25, 0.3) is 5.91 Å². The summed E-state index contributed by atoms with van der Waals surface area (Å²) in [4.78, 5) is 11.8. The van der Waals surface area contributed by atoms with Gasteiger partial charge >= 0.3 is 0 Å². The molecule has 1 aromatic heterocycles. The Kier molecular flexibility index (Phi) is 5.85. The van der Waals surface area contributed by atoms with Crippen molar-refractivity contribution in [1.82, 2.24) is 10.5 Å². The zero-order chi connectivity index (χ0) is 13.5. The zero-order valence-corrected chi connectivity index (χ0v) is 11.3. The van der Waals surface area contributed by atoms with E-state index in [1.807, 2.05) is 6.92 Å². The lowest BCUT2D eigenvalue weighted by molar-refractivity contribution is 0.0905. The van der Waals surface area contributed by atoms with E-state index in [-0.39, 0.29) is 24.2 Å². The first-order valence-corrected chi connectivity index (χ1v) is 6.47. The first kappa shape index (κ1) is 14.7. The summed E-state index contributed by atoms with van der Waals surface area (Å²) in [5.74, 6) is 0.337. The van der Waals surface area contributed by atoms with Gasteiger partial charge < -0.3 is 14.9 Å². The third-order valence-electron chi connectivity index (χ3n) is 3.08. The minimum absolute atomic E-state index is 0.0374. The number of aliphatic hydroxyl groups excluding tert-OH is 1. The molecule has 0 spiro atoms. The van der Waals surface area contributed by atoms with Crippen LogP contribution in [0.2, 0.25) is 0 Å². The lowest BCUT2D eigenvalue weighted by atomic mass is 9.99. The highest BCUT2D eigenvalue weighted by Gasteiger charge is 2.17. The van der Waals surface area contributed by atoms with E-state index in [1.54, 1.807) is 6.07 Å². The van der Waals surface area contributed by atoms with E-state index in [1.165, 1.54) is 0 Å². The summed E-state index contributed by atoms with van der Waals surface area (Å²) in [6.45, 7) is 6.51. The van der Waals surface area contributed by atoms with E-state index in [9.17, 15) is 4.79 Å². The molecule has 1 rings (SSSR count). The van der Waals surface area contributed by atoms with Gasteiger partial charge in [0.05, 0.1) is 5.69 Å². The Bertz CT molecular complexity index is 372. The van der Waals surface area contributed by atoms with Crippen LogP contribution in [0.1, 0.15) is 55.8 Å². The zero-order valence-electron chi connectivity index (χ0n) is 11.3. The summed E-state index contributed by atoms with van der Waals surface area (Å²) in [5.41, 5.74) is 0.834. The molecule has 0 saturated heterocycles. The Morgan fingerprint density at radius 3 is 2.72 bits per heavy atom. The average molecular weight is 254 g/mol. The van der Waals surface area contributed by atoms with E-state index in [4.69, 9.17) is 9.63 Å². The molecular formula is C13H22N2O3. The van der Waals surface area contributed by atoms with Gasteiger partial charge in [-0.2, -0.15) is 0 Å². The van der Waals surface area contributed by atoms with Gasteiger partial charge in [0.15, 0.2) is 0 Å². The normalized spacial score (nSPS) is 12.7. The molecule has 0 aromatic carbocycles. The Morgan fingerprint density at radius 1 is 1.50 bits per heavy atom. The Morgan fingerprint density at radius 2 is 2.17 bits per heavy atom. The minimum Gasteiger partial charge on any atom is -0.396 e. The molecule has 0 aliphatic carbocycles. The average Bonchev–Trinajstić information content (AvgIpc) is 2.86. The number of rotatable bonds is 7. The van der Waals surface area contributed by atoms with Crippen LogP contribution < -0.4 is 5.32 Å². The van der Waals surface area contributed by atoms with Gasteiger partial charge in [-0.05, 0) is 18.8 Å². The van der Waals surface area contributed by atoms with Crippen LogP contribution in [0.15, 0.2) is 10.6 Å². The quantitative estimate of drug-likeness (QED) is 0.779. The molecule has 0 saturated carbocycles. The number of carbonyl (C=O) groups excluding carboxylic acids is 1. The molecule has 1 unspecified atom stereocenters. The van der Waals surface area contributed by atoms with Crippen molar-refractivity contribution in [2.75, 3.05) is 13.2 Å². The predicted molar refractivity (Wildman–Crippen MR) is 68.4 cm³/mol. The van der Waals surface area contributed by atoms with Gasteiger partial charge in [0.2, 0.25) is 5.76 Å². The topological polar surface area (TPSA) is 75.4 Å². The molecule has 0 radical (unpaired) electrons. The highest BCUT2D eigenvalue weighted by molar-refractivity contribution is 5.91. The maximum atomic E-state index is 11.8. The second kappa shape index (κ2) is 7.16. The Balaban J connectivity index is 2.59. The fraction of sp³-hybridized carbons (Fsp3) is 0.692. The third kappa shape index (κ3) is 3.84. The number of aromatic nitrogens is 1. The molecule has 0 fully saturated rings. The number of carbonyl (C=O) groups is 1. The van der Waals surface area contributed by atoms with E-state index in [2.05, 4.69) is 24.3 Å². The van der Waals surface area contributed by atoms with Crippen LogP contribution in [-0.4, -0.2) is 29.3 Å². The Labute approximate surface area is 108 Å². The van der Waals surface area contributed by atoms with Crippen molar-refractivity contribution in [2.24, 2.45) is 5.92 Å². The van der Waals surface area contributed by atoms with Crippen molar-refractivity contribution in [3.05, 3.63) is 17.5 Å². The van der Waals surface area contributed by atoms with Crippen LogP contribution in [0.5, 0.6) is 0 Å². The van der Waals surface area contributed by atoms with Crippen molar-refractivity contribution in [2.45, 2.75) is 39.5 Å². The lowest BCUT2D eigenvalue weighted by Crippen LogP contribution is -2.29. The van der Waals surface area contributed by atoms with Crippen molar-refractivity contribution < 1.29 is 14.4 Å². The SMILES string of the molecule is CCC(CC)c1cc(C(=O)NCC(C)CO)on1. The van der Waals surface area contributed by atoms with Crippen LogP contribution in [0.3, 0.4) is 0 Å². The number of aliphatic hydroxyl groups is 1. The molecule has 5 heteroatoms. The molecule has 1 aromatic rings. The molecule has 18 heavy (non-hydrogen) atoms. The molecule has 0 aliphatic heterocycles. The van der Waals surface area contributed by atoms with Crippen molar-refractivity contribution in [1.29, 1.82) is 0 Å². The molecule has 5 nitrogen and oxygen atoms in total. The highest BCUT2D eigenvalue weighted by atomic mass is 16.5. The van der Waals surface area contributed by atoms with Crippen molar-refractivity contribution in [3.8, 4) is 0 Å². The fourth-order valence-electron chi connectivity index (χ4n) is 1.71. The molecule has 1 heterocycles. The first-order chi connectivity index (χ1) is 8.62. The fourth-order valence-corrected chi connectivity index (χ4v) is 1.71. The van der Waals surface area contributed by atoms with E-state index in [0.717, 1.165) is 18.5 Å². The van der Waals surface area contributed by atoms with Gasteiger partial charge in [0, 0.05) is 25.1 Å². The van der Waals surface area contributed by atoms with E-state index < -0.39 is 0 Å². The summed E-state index contributed by atoms with van der Waals surface area (Å²) >= 11 is 0. The maximum Gasteiger partial charge on any atom is 0.289 e. The first-order valence-electron chi connectivity index (χ1n) is 6.47. The monoisotopic (exact) mass is 254 g/mol. The number of amides is 1. The molecule has 2 N–H and O–H groups in total. The van der Waals surface area contributed by atoms with Gasteiger partial charge in [-0.3, -0.25) is 4.79 Å². The molecule has 0 aliphatic rings. The molecule has 1 atom stereocenters. The number of nitrogens with one attached hydrogen (secondary N) is 1. The number of hydrogen-bond donors (Lipinski definition) is 2. The molecule has 1 amide bonds. The maximum absolute atomic E-state index is 11.8. The van der Waals surface area contributed by atoms with E-state index >= 15 is 0 Å². The lowest BCUT2D eigenvalue weighted by Gasteiger charge is -2.07. The standard InChI is InChI=1S/C13H22N2O3/c1-4-10(5-2)11-6-12(18-15-11)13(17)14-7-9(3)8-16/h6,9-10,16H,4-5,7-8H2,1-3H3,(H,14,17). The molecule has 102 valence electrons. The van der Waals surface area contributed by atoms with Gasteiger partial charge in [0.1, 0.15) is 0 Å². The summed E-state index contributed by atoms with van der Waals surface area (Å²) in [6, 6.07) is 1.70. The van der Waals surface area contributed by atoms with Crippen LogP contribution in [0.25, 0.3) is 0 Å². The molecule has 0 bridgehead atoms. The largest absolute Gasteiger partial charge is 0.396 e. The highest BCUT2D eigenvalue weighted by Crippen LogP contribution is 2.22. The summed E-state index contributed by atoms with van der Waals surface area (Å²) < 4.78 is 5.05. The molecular weight excluding hydrogens is 232 g/mol. The van der Waals surface area contributed by atoms with Crippen LogP contribution >= 0.6 is 0 Å². The van der Waals surface area contributed by atoms with Crippen LogP contribution in [0, 0.1) is 5.92 Å². The second-order valence-electron chi connectivity index (χ2n) is 4.63. The van der Waals surface area contributed by atoms with Gasteiger partial charge in [-0.1, -0.05) is 25.9 Å². The van der Waals surface area contributed by atoms with E-state index in [0.29, 0.717) is 12.5 Å². The Hall–Kier alpha value is -1.36. The van der Waals surface area contributed by atoms with Gasteiger partial charge in [-0.15, -0.1) is 0 Å². The summed E-state index contributed by atoms with van der Waals surface area (Å²) in [6.07, 6.45) is 1.96. The van der Waals surface area contributed by atoms with Crippen LogP contribution in [0.4, 0.5) is 0 Å². The van der Waals surface area contributed by atoms with Crippen molar-refractivity contribution in [3.63, 3.8) is 0 Å². The predicted octanol–water partition coefficient (Wildman–Crippen LogP) is 1.94. The number of nitrogens with zero attached hydrogens (tertiary/aromatic N) is 1. The number of hydrogen-bond acceptors (Lipinski definition) is 4. The third-order valence-corrected chi connectivity index (χ3v) is 3.08. The summed E-state index contributed by atoms with van der Waals surface area (Å²) in [5, 5.41) is 15.5.